The van der Waals surface area contributed by atoms with Gasteiger partial charge < -0.3 is 4.74 Å². The Bertz CT molecular complexity index is 7540. The molecule has 0 atom stereocenters. The number of imidazole rings is 1. The van der Waals surface area contributed by atoms with E-state index in [1.54, 1.807) is 92.1 Å². The Morgan fingerprint density at radius 2 is 1.01 bits per heavy atom. The van der Waals surface area contributed by atoms with Gasteiger partial charge in [-0.25, -0.2) is 4.98 Å². The molecule has 0 aliphatic heterocycles. The zero-order valence-corrected chi connectivity index (χ0v) is 51.2. The molecule has 16 aromatic rings. The number of para-hydroxylation sites is 2. The lowest BCUT2D eigenvalue weighted by Crippen LogP contribution is -2.74. The smallest absolute Gasteiger partial charge is 0.269 e. The van der Waals surface area contributed by atoms with Gasteiger partial charge in [0.1, 0.15) is 17.3 Å². The Balaban J connectivity index is 1.01. The largest absolute Gasteiger partial charge is 0.458 e. The molecule has 16 rings (SSSR count). The summed E-state index contributed by atoms with van der Waals surface area (Å²) in [5.74, 6) is 0.158. The Hall–Kier alpha value is -11.7. The first-order chi connectivity index (χ1) is 63.2. The van der Waals surface area contributed by atoms with Gasteiger partial charge in [0.15, 0.2) is 8.07 Å². The summed E-state index contributed by atoms with van der Waals surface area (Å²) < 4.78 is 383. The van der Waals surface area contributed by atoms with Crippen LogP contribution in [0.4, 0.5) is 0 Å². The molecule has 95 heavy (non-hydrogen) atoms. The molecule has 0 saturated carbocycles. The zero-order chi connectivity index (χ0) is 98.7. The Morgan fingerprint density at radius 1 is 0.442 bits per heavy atom. The van der Waals surface area contributed by atoms with E-state index in [-0.39, 0.29) is 56.4 Å². The second-order valence-corrected chi connectivity index (χ2v) is 26.1. The monoisotopic (exact) mass is 1280 g/mol. The topological polar surface area (TPSA) is 35.9 Å². The first-order valence-corrected chi connectivity index (χ1v) is 31.4. The molecule has 0 bridgehead atoms. The van der Waals surface area contributed by atoms with Crippen LogP contribution >= 0.6 is 0 Å². The third kappa shape index (κ3) is 10.7. The minimum Gasteiger partial charge on any atom is -0.458 e. The molecule has 454 valence electrons. The van der Waals surface area contributed by atoms with Crippen LogP contribution in [0.5, 0.6) is 11.5 Å². The zero-order valence-electron chi connectivity index (χ0n) is 90.2. The van der Waals surface area contributed by atoms with Crippen LogP contribution in [0.3, 0.4) is 0 Å². The van der Waals surface area contributed by atoms with Crippen molar-refractivity contribution in [2.45, 2.75) is 33.0 Å². The highest BCUT2D eigenvalue weighted by Gasteiger charge is 2.41. The van der Waals surface area contributed by atoms with Gasteiger partial charge in [-0.05, 0) is 161 Å². The summed E-state index contributed by atoms with van der Waals surface area (Å²) in [5.41, 5.74) is -5.77. The molecule has 0 aliphatic carbocycles. The summed E-state index contributed by atoms with van der Waals surface area (Å²) in [7, 11) is -6.45. The third-order valence-corrected chi connectivity index (χ3v) is 20.0. The number of aromatic nitrogens is 4. The normalized spacial score (nSPS) is 17.8. The summed E-state index contributed by atoms with van der Waals surface area (Å²) in [5, 5.41) is -3.18. The second-order valence-electron chi connectivity index (χ2n) is 22.6. The first kappa shape index (κ1) is 29.5. The minimum absolute atomic E-state index is 0.00682. The Labute approximate surface area is 612 Å². The minimum atomic E-state index is -6.45. The van der Waals surface area contributed by atoms with Crippen LogP contribution in [0.25, 0.3) is 106 Å². The highest BCUT2D eigenvalue weighted by atomic mass is 28.3. The lowest BCUT2D eigenvalue weighted by atomic mass is 9.82. The average Bonchev–Trinajstić information content (AvgIpc) is 1.18. The van der Waals surface area contributed by atoms with Crippen LogP contribution in [-0.4, -0.2) is 22.2 Å². The number of hydrogen-bond donors (Lipinski definition) is 0. The summed E-state index contributed by atoms with van der Waals surface area (Å²) in [6, 6.07) is -10.0. The van der Waals surface area contributed by atoms with Crippen LogP contribution in [0, 0.1) is 13.2 Å². The fourth-order valence-electron chi connectivity index (χ4n) is 11.8. The van der Waals surface area contributed by atoms with E-state index in [9.17, 15) is 31.5 Å². The molecule has 0 saturated heterocycles. The van der Waals surface area contributed by atoms with Crippen LogP contribution in [-0.2, 0) is 5.41 Å². The Kier molecular flexibility index (Phi) is 7.58. The molecule has 3 heterocycles. The molecule has 0 radical (unpaired) electrons. The van der Waals surface area contributed by atoms with Crippen LogP contribution in [0.1, 0.15) is 86.7 Å². The van der Waals surface area contributed by atoms with Crippen molar-refractivity contribution in [2.75, 3.05) is 0 Å². The number of hydrogen-bond acceptors (Lipinski definition) is 2. The van der Waals surface area contributed by atoms with Crippen molar-refractivity contribution in [1.29, 1.82) is 0 Å². The molecule has 0 fully saturated rings. The maximum absolute atomic E-state index is 10.8. The fraction of sp³-hybridized carbons (Fsp3) is 0.0562. The molecule has 0 unspecified atom stereocenters. The van der Waals surface area contributed by atoms with E-state index >= 15 is 0 Å². The van der Waals surface area contributed by atoms with Gasteiger partial charge in [-0.1, -0.05) is 281 Å². The highest BCUT2D eigenvalue weighted by molar-refractivity contribution is 7.19. The molecule has 0 aliphatic rings. The molecule has 5 nitrogen and oxygen atoms in total. The molecular formula is C89H68N4OSi. The van der Waals surface area contributed by atoms with Gasteiger partial charge in [0.25, 0.3) is 6.33 Å². The van der Waals surface area contributed by atoms with Gasteiger partial charge in [-0.15, -0.1) is 0 Å². The van der Waals surface area contributed by atoms with Gasteiger partial charge in [0, 0.05) is 32.7 Å². The number of aryl methyl sites for hydroxylation is 1. The van der Waals surface area contributed by atoms with Crippen molar-refractivity contribution >= 4 is 61.7 Å². The van der Waals surface area contributed by atoms with Gasteiger partial charge in [0.05, 0.1) is 84.2 Å². The van der Waals surface area contributed by atoms with Gasteiger partial charge in [0.2, 0.25) is 0 Å². The predicted molar refractivity (Wildman–Crippen MR) is 397 cm³/mol. The van der Waals surface area contributed by atoms with Crippen LogP contribution in [0.15, 0.2) is 339 Å². The number of fused-ring (bicyclic) bond motifs is 4. The molecular weight excluding hydrogens is 1170 g/mol. The molecule has 3 aromatic heterocycles. The van der Waals surface area contributed by atoms with E-state index in [0.29, 0.717) is 27.4 Å². The van der Waals surface area contributed by atoms with E-state index in [0.717, 1.165) is 6.20 Å². The first-order valence-electron chi connectivity index (χ1n) is 49.4. The molecule has 0 spiro atoms. The average molecular weight is 1280 g/mol. The van der Waals surface area contributed by atoms with Crippen molar-refractivity contribution in [3.8, 4) is 84.3 Å². The van der Waals surface area contributed by atoms with Crippen molar-refractivity contribution < 1.29 is 64.1 Å². The summed E-state index contributed by atoms with van der Waals surface area (Å²) in [6.07, 6.45) is 4.53. The van der Waals surface area contributed by atoms with E-state index in [2.05, 4.69) is 6.33 Å². The second kappa shape index (κ2) is 24.4. The SMILES string of the molecule is [2H]c1c([2H])c([2H])c(-c2cnc(-n3c4ccccc4c4ccc(Oc5cccc(-n6[c-][n+](-c7c(-c8c([2H])c(-c9c([2H])c([2H])c([2H])c([2H])c9[2H])c([2H])c(-c9c([2H])c([2H])c([2H])c([2H])c9[2H])c8[2H])cccc7C(C)(C)C)c7ccc(-c8c([2H])c([2H])c([2H])c([Si](c9c([2H])c([2H])c([2H])c([2H])c9[2H])(c9c([2H])c([2H])c([2H])c([2H])c9[2H])c9c([2H])c([2H])c([2H])c([2H])c9[2H])c8[2H])cc76)c5)cc43)cc2C([2H])([2H])[2H])c([2H])c1[2H]. The molecule has 0 amide bonds. The maximum Gasteiger partial charge on any atom is 0.269 e. The van der Waals surface area contributed by atoms with E-state index < -0.39 is 309 Å². The quantitative estimate of drug-likeness (QED) is 0.0471. The lowest BCUT2D eigenvalue weighted by Gasteiger charge is -2.34. The van der Waals surface area contributed by atoms with Crippen molar-refractivity contribution in [1.82, 2.24) is 14.1 Å². The fourth-order valence-corrected chi connectivity index (χ4v) is 15.4. The molecule has 6 heteroatoms. The maximum atomic E-state index is 10.8. The lowest BCUT2D eigenvalue weighted by molar-refractivity contribution is -0.572. The number of benzene rings is 13. The summed E-state index contributed by atoms with van der Waals surface area (Å²) >= 11 is 0. The summed E-state index contributed by atoms with van der Waals surface area (Å²) in [6.45, 7) is 2.33. The predicted octanol–water partition coefficient (Wildman–Crippen LogP) is 19.3. The molecule has 13 aromatic carbocycles. The number of rotatable bonds is 14. The van der Waals surface area contributed by atoms with Crippen LogP contribution < -0.4 is 30.1 Å². The highest BCUT2D eigenvalue weighted by Crippen LogP contribution is 2.41. The van der Waals surface area contributed by atoms with Gasteiger partial charge in [-0.2, -0.15) is 0 Å². The number of ether oxygens (including phenoxy) is 1. The van der Waals surface area contributed by atoms with Crippen molar-refractivity contribution in [2.24, 2.45) is 0 Å². The third-order valence-electron chi connectivity index (χ3n) is 16.0. The Morgan fingerprint density at radius 3 is 1.65 bits per heavy atom. The van der Waals surface area contributed by atoms with E-state index in [4.69, 9.17) is 33.0 Å². The van der Waals surface area contributed by atoms with Crippen molar-refractivity contribution in [3.63, 3.8) is 0 Å². The summed E-state index contributed by atoms with van der Waals surface area (Å²) in [4.78, 5) is 4.70. The van der Waals surface area contributed by atoms with Gasteiger partial charge >= 0.3 is 0 Å². The van der Waals surface area contributed by atoms with E-state index in [1.807, 2.05) is 0 Å². The van der Waals surface area contributed by atoms with Gasteiger partial charge in [-0.3, -0.25) is 13.7 Å². The molecule has 0 N–H and O–H groups in total. The number of pyridine rings is 1. The van der Waals surface area contributed by atoms with Crippen LogP contribution in [0.2, 0.25) is 0 Å². The standard InChI is InChI=1S/C89H68N4OSi/c1-62-52-87(90-60-81(62)65-32-15-7-16-33-65)93-83-47-24-23-44-79(83)80-50-49-73(59-85(80)93)94-72-36-26-35-71(58-72)91-61-92(88-78(45-27-46-82(88)89(2,3)4)70-54-68(63-28-11-5-12-29-63)53-69(55-70)64-30-13-6-14-31-64)84-51-48-67(57-86(84)91)66-34-25-43-77(56-66)95(74-37-17-8-18-38-74,75-39-19-9-20-40-75)76-41-21-10-22-42-76/h5-60H,1-4H3/i1D3,5D,6D,7D,8D,9D,10D,11D,12D,13D,14D,15D,16D,17D,18D,19D,20D,21D,22D,25D,28D,29D,30D,31D,32D,33D,34D,37D,38D,39D,40D,41D,42D,43D,53D,54D,55D,56D. The van der Waals surface area contributed by atoms with Crippen molar-refractivity contribution in [3.05, 3.63) is 356 Å². The number of nitrogens with zero attached hydrogens (tertiary/aromatic N) is 4. The van der Waals surface area contributed by atoms with E-state index in [1.165, 1.54) is 51.6 Å².